The Kier molecular flexibility index (Phi) is 8.71. The van der Waals surface area contributed by atoms with Gasteiger partial charge < -0.3 is 20.9 Å². The van der Waals surface area contributed by atoms with Crippen molar-refractivity contribution in [2.75, 3.05) is 12.4 Å². The fourth-order valence-electron chi connectivity index (χ4n) is 4.51. The highest BCUT2D eigenvalue weighted by Crippen LogP contribution is 2.36. The van der Waals surface area contributed by atoms with Crippen molar-refractivity contribution >= 4 is 46.6 Å². The van der Waals surface area contributed by atoms with Crippen molar-refractivity contribution < 1.29 is 14.4 Å². The van der Waals surface area contributed by atoms with Gasteiger partial charge in [0.15, 0.2) is 0 Å². The largest absolute Gasteiger partial charge is 0.343 e. The van der Waals surface area contributed by atoms with Gasteiger partial charge in [-0.3, -0.25) is 14.4 Å². The summed E-state index contributed by atoms with van der Waals surface area (Å²) >= 11 is 0. The van der Waals surface area contributed by atoms with E-state index in [0.717, 1.165) is 21.9 Å². The average molecular weight is 509 g/mol. The molecular weight excluding hydrogens is 476 g/mol. The molecule has 0 fully saturated rings. The highest BCUT2D eigenvalue weighted by atomic mass is 35.5. The Hall–Kier alpha value is -3.42. The fraction of sp³-hybridized carbons (Fsp3) is 0.321. The summed E-state index contributed by atoms with van der Waals surface area (Å²) < 4.78 is 0. The highest BCUT2D eigenvalue weighted by Gasteiger charge is 2.42. The van der Waals surface area contributed by atoms with Crippen LogP contribution in [0.1, 0.15) is 37.9 Å². The van der Waals surface area contributed by atoms with Crippen LogP contribution in [0.25, 0.3) is 10.8 Å². The van der Waals surface area contributed by atoms with E-state index in [1.165, 1.54) is 0 Å². The predicted molar refractivity (Wildman–Crippen MR) is 145 cm³/mol. The minimum absolute atomic E-state index is 0. The van der Waals surface area contributed by atoms with Crippen molar-refractivity contribution in [1.82, 2.24) is 15.5 Å². The van der Waals surface area contributed by atoms with E-state index in [9.17, 15) is 14.4 Å². The van der Waals surface area contributed by atoms with Crippen LogP contribution in [-0.4, -0.2) is 41.8 Å². The zero-order valence-corrected chi connectivity index (χ0v) is 21.8. The summed E-state index contributed by atoms with van der Waals surface area (Å²) in [4.78, 5) is 41.7. The SMILES string of the molecule is CNC(C)C(=O)NC(C(=O)N1Cc2ccccc2[C@H]1C(=O)Nc1cccc2ccccc12)C(C)C.Cl. The number of likely N-dealkylation sites (N-methyl/N-ethyl adjacent to an activating group) is 1. The van der Waals surface area contributed by atoms with Crippen LogP contribution >= 0.6 is 12.4 Å². The summed E-state index contributed by atoms with van der Waals surface area (Å²) in [5.41, 5.74) is 2.42. The van der Waals surface area contributed by atoms with Crippen LogP contribution in [0.15, 0.2) is 66.7 Å². The Bertz CT molecular complexity index is 1260. The van der Waals surface area contributed by atoms with Crippen molar-refractivity contribution in [3.05, 3.63) is 77.9 Å². The number of hydrogen-bond donors (Lipinski definition) is 3. The van der Waals surface area contributed by atoms with Gasteiger partial charge in [-0.15, -0.1) is 12.4 Å². The van der Waals surface area contributed by atoms with E-state index in [4.69, 9.17) is 0 Å². The molecule has 1 aliphatic rings. The Morgan fingerprint density at radius 1 is 0.917 bits per heavy atom. The molecule has 8 heteroatoms. The summed E-state index contributed by atoms with van der Waals surface area (Å²) in [5.74, 6) is -0.961. The predicted octanol–water partition coefficient (Wildman–Crippen LogP) is 4.03. The first-order chi connectivity index (χ1) is 16.8. The molecule has 1 aliphatic heterocycles. The number of nitrogens with one attached hydrogen (secondary N) is 3. The van der Waals surface area contributed by atoms with Gasteiger partial charge in [-0.2, -0.15) is 0 Å². The van der Waals surface area contributed by atoms with Gasteiger partial charge in [0, 0.05) is 17.6 Å². The summed E-state index contributed by atoms with van der Waals surface area (Å²) in [7, 11) is 1.70. The zero-order chi connectivity index (χ0) is 25.1. The van der Waals surface area contributed by atoms with Gasteiger partial charge in [0.1, 0.15) is 12.1 Å². The van der Waals surface area contributed by atoms with Gasteiger partial charge in [0.25, 0.3) is 5.91 Å². The Morgan fingerprint density at radius 2 is 1.58 bits per heavy atom. The first-order valence-electron chi connectivity index (χ1n) is 12.0. The van der Waals surface area contributed by atoms with Crippen LogP contribution in [0, 0.1) is 5.92 Å². The van der Waals surface area contributed by atoms with E-state index < -0.39 is 18.1 Å². The van der Waals surface area contributed by atoms with Crippen molar-refractivity contribution in [2.24, 2.45) is 5.92 Å². The number of rotatable bonds is 7. The fourth-order valence-corrected chi connectivity index (χ4v) is 4.51. The number of hydrogen-bond acceptors (Lipinski definition) is 4. The molecular formula is C28H33ClN4O3. The average Bonchev–Trinajstić information content (AvgIpc) is 3.26. The molecule has 2 unspecified atom stereocenters. The zero-order valence-electron chi connectivity index (χ0n) is 20.9. The lowest BCUT2D eigenvalue weighted by atomic mass is 10.0. The lowest BCUT2D eigenvalue weighted by Gasteiger charge is -2.31. The third-order valence-electron chi connectivity index (χ3n) is 6.64. The van der Waals surface area contributed by atoms with Crippen LogP contribution in [0.4, 0.5) is 5.69 Å². The normalized spacial score (nSPS) is 16.1. The summed E-state index contributed by atoms with van der Waals surface area (Å²) in [5, 5.41) is 10.8. The third-order valence-corrected chi connectivity index (χ3v) is 6.64. The summed E-state index contributed by atoms with van der Waals surface area (Å²) in [6.07, 6.45) is 0. The monoisotopic (exact) mass is 508 g/mol. The smallest absolute Gasteiger partial charge is 0.251 e. The van der Waals surface area contributed by atoms with E-state index in [1.54, 1.807) is 18.9 Å². The van der Waals surface area contributed by atoms with Crippen molar-refractivity contribution in [1.29, 1.82) is 0 Å². The second kappa shape index (κ2) is 11.5. The standard InChI is InChI=1S/C28H32N4O3.ClH/c1-17(2)24(31-26(33)18(3)29-4)28(35)32-16-20-11-6-8-14-22(20)25(32)27(34)30-23-15-9-12-19-10-5-7-13-21(19)23;/h5-15,17-18,24-25,29H,16H2,1-4H3,(H,30,34)(H,31,33);1H/t18?,24?,25-;/m0./s1. The minimum Gasteiger partial charge on any atom is -0.343 e. The van der Waals surface area contributed by atoms with Crippen LogP contribution < -0.4 is 16.0 Å². The number of carbonyl (C=O) groups excluding carboxylic acids is 3. The van der Waals surface area contributed by atoms with Crippen LogP contribution in [0.3, 0.4) is 0 Å². The molecule has 0 aromatic heterocycles. The topological polar surface area (TPSA) is 90.5 Å². The molecule has 36 heavy (non-hydrogen) atoms. The van der Waals surface area contributed by atoms with Gasteiger partial charge in [-0.25, -0.2) is 0 Å². The maximum atomic E-state index is 13.8. The molecule has 0 bridgehead atoms. The lowest BCUT2D eigenvalue weighted by molar-refractivity contribution is -0.143. The summed E-state index contributed by atoms with van der Waals surface area (Å²) in [6, 6.07) is 19.2. The van der Waals surface area contributed by atoms with E-state index in [-0.39, 0.29) is 36.0 Å². The number of fused-ring (bicyclic) bond motifs is 2. The molecule has 3 aromatic carbocycles. The highest BCUT2D eigenvalue weighted by molar-refractivity contribution is 6.05. The number of anilines is 1. The number of amides is 3. The molecule has 190 valence electrons. The molecule has 0 saturated heterocycles. The molecule has 3 amide bonds. The molecule has 0 aliphatic carbocycles. The molecule has 3 N–H and O–H groups in total. The maximum Gasteiger partial charge on any atom is 0.251 e. The maximum absolute atomic E-state index is 13.8. The molecule has 0 saturated carbocycles. The molecule has 3 aromatic rings. The minimum atomic E-state index is -0.794. The van der Waals surface area contributed by atoms with E-state index in [1.807, 2.05) is 80.6 Å². The van der Waals surface area contributed by atoms with Gasteiger partial charge >= 0.3 is 0 Å². The van der Waals surface area contributed by atoms with Crippen molar-refractivity contribution in [2.45, 2.75) is 45.4 Å². The first-order valence-corrected chi connectivity index (χ1v) is 12.0. The molecule has 4 rings (SSSR count). The quantitative estimate of drug-likeness (QED) is 0.449. The number of halogens is 1. The first kappa shape index (κ1) is 27.2. The lowest BCUT2D eigenvalue weighted by Crippen LogP contribution is -2.55. The van der Waals surface area contributed by atoms with Crippen LogP contribution in [-0.2, 0) is 20.9 Å². The Labute approximate surface area is 218 Å². The molecule has 0 radical (unpaired) electrons. The van der Waals surface area contributed by atoms with E-state index in [2.05, 4.69) is 16.0 Å². The molecule has 7 nitrogen and oxygen atoms in total. The Balaban J connectivity index is 0.00000361. The molecule has 1 heterocycles. The van der Waals surface area contributed by atoms with Crippen molar-refractivity contribution in [3.8, 4) is 0 Å². The number of carbonyl (C=O) groups is 3. The van der Waals surface area contributed by atoms with E-state index in [0.29, 0.717) is 12.2 Å². The molecule has 0 spiro atoms. The Morgan fingerprint density at radius 3 is 2.31 bits per heavy atom. The second-order valence-electron chi connectivity index (χ2n) is 9.32. The van der Waals surface area contributed by atoms with Gasteiger partial charge in [0.05, 0.1) is 6.04 Å². The van der Waals surface area contributed by atoms with Crippen LogP contribution in [0.2, 0.25) is 0 Å². The van der Waals surface area contributed by atoms with Gasteiger partial charge in [-0.1, -0.05) is 74.5 Å². The van der Waals surface area contributed by atoms with E-state index >= 15 is 0 Å². The summed E-state index contributed by atoms with van der Waals surface area (Å²) in [6.45, 7) is 5.83. The van der Waals surface area contributed by atoms with Crippen molar-refractivity contribution in [3.63, 3.8) is 0 Å². The van der Waals surface area contributed by atoms with Crippen LogP contribution in [0.5, 0.6) is 0 Å². The number of benzene rings is 3. The number of nitrogens with zero attached hydrogens (tertiary/aromatic N) is 1. The second-order valence-corrected chi connectivity index (χ2v) is 9.32. The van der Waals surface area contributed by atoms with Gasteiger partial charge in [0.2, 0.25) is 11.8 Å². The third kappa shape index (κ3) is 5.37. The van der Waals surface area contributed by atoms with Gasteiger partial charge in [-0.05, 0) is 42.5 Å². The molecule has 3 atom stereocenters.